The highest BCUT2D eigenvalue weighted by Gasteiger charge is 2.20. The molecule has 1 heterocycles. The van der Waals surface area contributed by atoms with Crippen LogP contribution in [0.4, 0.5) is 10.1 Å². The van der Waals surface area contributed by atoms with Gasteiger partial charge < -0.3 is 0 Å². The molecule has 102 valence electrons. The van der Waals surface area contributed by atoms with E-state index >= 15 is 0 Å². The van der Waals surface area contributed by atoms with Crippen LogP contribution in [-0.2, 0) is 10.0 Å². The van der Waals surface area contributed by atoms with Gasteiger partial charge in [-0.05, 0) is 36.8 Å². The van der Waals surface area contributed by atoms with Crippen molar-refractivity contribution in [3.63, 3.8) is 0 Å². The van der Waals surface area contributed by atoms with E-state index < -0.39 is 15.8 Å². The molecule has 0 radical (unpaired) electrons. The number of benzene rings is 1. The van der Waals surface area contributed by atoms with Gasteiger partial charge in [-0.25, -0.2) is 12.8 Å². The fourth-order valence-electron chi connectivity index (χ4n) is 1.33. The fraction of sp³-hybridized carbons (Fsp3) is 0.0909. The van der Waals surface area contributed by atoms with E-state index in [4.69, 9.17) is 11.6 Å². The van der Waals surface area contributed by atoms with Crippen LogP contribution >= 0.6 is 38.9 Å². The van der Waals surface area contributed by atoms with Crippen LogP contribution in [0.5, 0.6) is 0 Å². The molecule has 1 aromatic heterocycles. The number of thiophene rings is 1. The van der Waals surface area contributed by atoms with Crippen molar-refractivity contribution in [2.45, 2.75) is 11.1 Å². The van der Waals surface area contributed by atoms with Crippen LogP contribution < -0.4 is 4.72 Å². The Balaban J connectivity index is 2.36. The third-order valence-corrected chi connectivity index (χ3v) is 6.16. The maximum absolute atomic E-state index is 13.6. The van der Waals surface area contributed by atoms with E-state index in [1.54, 1.807) is 13.0 Å². The molecule has 0 bridgehead atoms. The Morgan fingerprint density at radius 1 is 1.37 bits per heavy atom. The first-order chi connectivity index (χ1) is 8.79. The highest BCUT2D eigenvalue weighted by Crippen LogP contribution is 2.31. The van der Waals surface area contributed by atoms with Crippen molar-refractivity contribution in [2.24, 2.45) is 0 Å². The van der Waals surface area contributed by atoms with E-state index in [1.165, 1.54) is 18.2 Å². The zero-order valence-corrected chi connectivity index (χ0v) is 13.6. The quantitative estimate of drug-likeness (QED) is 0.852. The van der Waals surface area contributed by atoms with Crippen LogP contribution in [0.3, 0.4) is 0 Å². The predicted octanol–water partition coefficient (Wildman–Crippen LogP) is 4.41. The second-order valence-electron chi connectivity index (χ2n) is 3.75. The van der Waals surface area contributed by atoms with Crippen molar-refractivity contribution >= 4 is 54.6 Å². The summed E-state index contributed by atoms with van der Waals surface area (Å²) in [6, 6.07) is 5.53. The highest BCUT2D eigenvalue weighted by molar-refractivity contribution is 9.10. The topological polar surface area (TPSA) is 46.2 Å². The van der Waals surface area contributed by atoms with Crippen molar-refractivity contribution in [2.75, 3.05) is 4.72 Å². The molecule has 0 aliphatic rings. The Labute approximate surface area is 127 Å². The smallest absolute Gasteiger partial charge is 0.271 e. The van der Waals surface area contributed by atoms with Gasteiger partial charge in [0, 0.05) is 4.47 Å². The second-order valence-corrected chi connectivity index (χ2v) is 8.23. The van der Waals surface area contributed by atoms with Crippen molar-refractivity contribution < 1.29 is 12.8 Å². The third-order valence-electron chi connectivity index (χ3n) is 2.27. The van der Waals surface area contributed by atoms with E-state index in [9.17, 15) is 12.8 Å². The van der Waals surface area contributed by atoms with Gasteiger partial charge in [0.2, 0.25) is 0 Å². The maximum atomic E-state index is 13.6. The minimum absolute atomic E-state index is 0.0531. The number of hydrogen-bond donors (Lipinski definition) is 1. The van der Waals surface area contributed by atoms with Gasteiger partial charge >= 0.3 is 0 Å². The highest BCUT2D eigenvalue weighted by atomic mass is 79.9. The molecule has 0 aliphatic carbocycles. The molecule has 0 fully saturated rings. The molecule has 0 atom stereocenters. The predicted molar refractivity (Wildman–Crippen MR) is 79.0 cm³/mol. The van der Waals surface area contributed by atoms with Crippen LogP contribution in [-0.4, -0.2) is 8.42 Å². The zero-order chi connectivity index (χ0) is 14.2. The Bertz CT molecular complexity index is 711. The molecular weight excluding hydrogens is 377 g/mol. The summed E-state index contributed by atoms with van der Waals surface area (Å²) in [5.74, 6) is -0.655. The van der Waals surface area contributed by atoms with Crippen molar-refractivity contribution in [3.8, 4) is 0 Å². The van der Waals surface area contributed by atoms with E-state index in [1.807, 2.05) is 0 Å². The minimum atomic E-state index is -3.82. The summed E-state index contributed by atoms with van der Waals surface area (Å²) in [6.07, 6.45) is 0. The van der Waals surface area contributed by atoms with Gasteiger partial charge in [0.05, 0.1) is 10.0 Å². The number of nitrogens with one attached hydrogen (secondary N) is 1. The van der Waals surface area contributed by atoms with E-state index in [0.29, 0.717) is 14.4 Å². The Morgan fingerprint density at radius 2 is 2.05 bits per heavy atom. The summed E-state index contributed by atoms with van der Waals surface area (Å²) < 4.78 is 40.9. The average molecular weight is 385 g/mol. The van der Waals surface area contributed by atoms with E-state index in [-0.39, 0.29) is 9.90 Å². The van der Waals surface area contributed by atoms with Crippen LogP contribution in [0.2, 0.25) is 4.34 Å². The molecule has 19 heavy (non-hydrogen) atoms. The molecule has 0 amide bonds. The summed E-state index contributed by atoms with van der Waals surface area (Å²) in [5, 5.41) is 0. The van der Waals surface area contributed by atoms with E-state index in [0.717, 1.165) is 11.3 Å². The molecule has 2 aromatic rings. The summed E-state index contributed by atoms with van der Waals surface area (Å²) >= 11 is 9.87. The Morgan fingerprint density at radius 3 is 2.58 bits per heavy atom. The molecule has 8 heteroatoms. The number of halogens is 3. The molecule has 2 rings (SSSR count). The first kappa shape index (κ1) is 14.8. The zero-order valence-electron chi connectivity index (χ0n) is 9.58. The molecular formula is C11H8BrClFNO2S2. The standard InChI is InChI=1S/C11H8BrClFNO2S2/c1-6-4-10(18-11(6)13)19(16,17)15-9-3-2-7(12)5-8(9)14/h2-5,15H,1H3. The summed E-state index contributed by atoms with van der Waals surface area (Å²) in [4.78, 5) is 0. The van der Waals surface area contributed by atoms with Crippen molar-refractivity contribution in [1.29, 1.82) is 0 Å². The van der Waals surface area contributed by atoms with Crippen molar-refractivity contribution in [1.82, 2.24) is 0 Å². The molecule has 0 saturated carbocycles. The molecule has 0 spiro atoms. The normalized spacial score (nSPS) is 11.6. The summed E-state index contributed by atoms with van der Waals surface area (Å²) in [7, 11) is -3.82. The van der Waals surface area contributed by atoms with Gasteiger partial charge in [-0.1, -0.05) is 27.5 Å². The SMILES string of the molecule is Cc1cc(S(=O)(=O)Nc2ccc(Br)cc2F)sc1Cl. The largest absolute Gasteiger partial charge is 0.276 e. The molecule has 0 unspecified atom stereocenters. The average Bonchev–Trinajstić information content (AvgIpc) is 2.64. The van der Waals surface area contributed by atoms with Gasteiger partial charge in [0.15, 0.2) is 0 Å². The minimum Gasteiger partial charge on any atom is -0.276 e. The first-order valence-electron chi connectivity index (χ1n) is 5.03. The number of anilines is 1. The fourth-order valence-corrected chi connectivity index (χ4v) is 4.44. The molecule has 1 N–H and O–H groups in total. The molecule has 0 aliphatic heterocycles. The second kappa shape index (κ2) is 5.40. The molecule has 0 saturated heterocycles. The van der Waals surface area contributed by atoms with Gasteiger partial charge in [-0.15, -0.1) is 11.3 Å². The number of rotatable bonds is 3. The number of aryl methyl sites for hydroxylation is 1. The lowest BCUT2D eigenvalue weighted by molar-refractivity contribution is 0.600. The molecule has 1 aromatic carbocycles. The third kappa shape index (κ3) is 3.28. The monoisotopic (exact) mass is 383 g/mol. The van der Waals surface area contributed by atoms with Gasteiger partial charge in [-0.2, -0.15) is 0 Å². The lowest BCUT2D eigenvalue weighted by Crippen LogP contribution is -2.12. The Hall–Kier alpha value is -0.630. The lowest BCUT2D eigenvalue weighted by Gasteiger charge is -2.07. The lowest BCUT2D eigenvalue weighted by atomic mass is 10.3. The summed E-state index contributed by atoms with van der Waals surface area (Å²) in [5.41, 5.74) is 0.564. The van der Waals surface area contributed by atoms with Gasteiger partial charge in [0.25, 0.3) is 10.0 Å². The molecule has 3 nitrogen and oxygen atoms in total. The number of hydrogen-bond acceptors (Lipinski definition) is 3. The van der Waals surface area contributed by atoms with Crippen LogP contribution in [0.15, 0.2) is 32.9 Å². The maximum Gasteiger partial charge on any atom is 0.271 e. The van der Waals surface area contributed by atoms with Gasteiger partial charge in [0.1, 0.15) is 10.0 Å². The van der Waals surface area contributed by atoms with Crippen LogP contribution in [0.1, 0.15) is 5.56 Å². The van der Waals surface area contributed by atoms with Crippen LogP contribution in [0.25, 0.3) is 0 Å². The van der Waals surface area contributed by atoms with Crippen molar-refractivity contribution in [3.05, 3.63) is 44.5 Å². The Kier molecular flexibility index (Phi) is 4.20. The number of sulfonamides is 1. The van der Waals surface area contributed by atoms with Gasteiger partial charge in [-0.3, -0.25) is 4.72 Å². The summed E-state index contributed by atoms with van der Waals surface area (Å²) in [6.45, 7) is 1.71. The van der Waals surface area contributed by atoms with E-state index in [2.05, 4.69) is 20.7 Å². The van der Waals surface area contributed by atoms with Crippen LogP contribution in [0, 0.1) is 12.7 Å². The first-order valence-corrected chi connectivity index (χ1v) is 8.50.